The predicted octanol–water partition coefficient (Wildman–Crippen LogP) is 2.78. The minimum Gasteiger partial charge on any atom is -0.481 e. The molecule has 242 valence electrons. The molecule has 8 N–H and O–H groups in total. The fourth-order valence-corrected chi connectivity index (χ4v) is 4.76. The zero-order chi connectivity index (χ0) is 32.5. The maximum atomic E-state index is 12.7. The van der Waals surface area contributed by atoms with Crippen molar-refractivity contribution in [3.8, 4) is 0 Å². The van der Waals surface area contributed by atoms with Gasteiger partial charge in [0.2, 0.25) is 11.8 Å². The van der Waals surface area contributed by atoms with Crippen LogP contribution in [0.15, 0.2) is 48.6 Å². The van der Waals surface area contributed by atoms with Crippen molar-refractivity contribution in [1.82, 2.24) is 10.6 Å². The van der Waals surface area contributed by atoms with E-state index in [0.717, 1.165) is 19.3 Å². The highest BCUT2D eigenvalue weighted by Crippen LogP contribution is 2.22. The Bertz CT molecular complexity index is 982. The van der Waals surface area contributed by atoms with Crippen molar-refractivity contribution >= 4 is 41.5 Å². The highest BCUT2D eigenvalue weighted by molar-refractivity contribution is 8.00. The molecule has 0 radical (unpaired) electrons. The SMILES string of the molecule is CCCCC[C@H](O)[C@@H](/C=C/C=C/C=C\C/C=C\CCCC(=O)O)SC[C@H](NC(=O)[C@@H](N)CCC(=O)O)C(=O)NCC(=O)O. The standard InChI is InChI=1S/C30H47N3O9S/c1-2-3-12-15-24(34)25(16-13-10-8-6-4-5-7-9-11-14-17-26(35)36)43-21-23(30(42)32-20-28(39)40)33-29(41)22(31)18-19-27(37)38/h4,6-10,13,16,22-25,34H,2-3,5,11-12,14-15,17-21,31H2,1H3,(H,32,42)(H,33,41)(H,35,36)(H,37,38)(H,39,40)/b6-4-,9-7-,10-8+,16-13+/t22-,23-,24-,25+/m0/s1. The Morgan fingerprint density at radius 3 is 2.16 bits per heavy atom. The number of carboxylic acids is 3. The van der Waals surface area contributed by atoms with Gasteiger partial charge in [0.05, 0.1) is 12.1 Å². The van der Waals surface area contributed by atoms with Crippen molar-refractivity contribution in [3.63, 3.8) is 0 Å². The van der Waals surface area contributed by atoms with Crippen LogP contribution in [0.4, 0.5) is 0 Å². The van der Waals surface area contributed by atoms with Crippen LogP contribution in [0.2, 0.25) is 0 Å². The fourth-order valence-electron chi connectivity index (χ4n) is 3.55. The summed E-state index contributed by atoms with van der Waals surface area (Å²) in [5.74, 6) is -4.65. The fraction of sp³-hybridized carbons (Fsp3) is 0.567. The summed E-state index contributed by atoms with van der Waals surface area (Å²) in [6.07, 6.45) is 19.1. The van der Waals surface area contributed by atoms with E-state index in [4.69, 9.17) is 21.1 Å². The molecule has 0 fully saturated rings. The van der Waals surface area contributed by atoms with Gasteiger partial charge in [0.25, 0.3) is 0 Å². The lowest BCUT2D eigenvalue weighted by molar-refractivity contribution is -0.138. The van der Waals surface area contributed by atoms with Crippen molar-refractivity contribution in [2.24, 2.45) is 5.73 Å². The molecule has 0 saturated heterocycles. The Morgan fingerprint density at radius 1 is 0.814 bits per heavy atom. The molecule has 0 aromatic carbocycles. The lowest BCUT2D eigenvalue weighted by Gasteiger charge is -2.24. The average molecular weight is 626 g/mol. The lowest BCUT2D eigenvalue weighted by atomic mass is 10.1. The number of hydrogen-bond acceptors (Lipinski definition) is 8. The summed E-state index contributed by atoms with van der Waals surface area (Å²) in [5, 5.41) is 41.5. The number of unbranched alkanes of at least 4 members (excludes halogenated alkanes) is 3. The molecule has 13 heteroatoms. The van der Waals surface area contributed by atoms with Crippen LogP contribution in [0.25, 0.3) is 0 Å². The number of carboxylic acid groups (broad SMARTS) is 3. The average Bonchev–Trinajstić information content (AvgIpc) is 2.95. The molecule has 0 saturated carbocycles. The molecule has 0 spiro atoms. The number of hydrogen-bond donors (Lipinski definition) is 7. The Balaban J connectivity index is 5.33. The van der Waals surface area contributed by atoms with Crippen LogP contribution in [-0.4, -0.2) is 85.9 Å². The summed E-state index contributed by atoms with van der Waals surface area (Å²) in [6, 6.07) is -2.33. The van der Waals surface area contributed by atoms with Crippen LogP contribution in [0.5, 0.6) is 0 Å². The molecule has 0 bridgehead atoms. The number of carbonyl (C=O) groups excluding carboxylic acids is 2. The van der Waals surface area contributed by atoms with Gasteiger partial charge < -0.3 is 36.8 Å². The Hall–Kier alpha value is -3.42. The van der Waals surface area contributed by atoms with Gasteiger partial charge in [-0.15, -0.1) is 11.8 Å². The van der Waals surface area contributed by atoms with Crippen LogP contribution in [0.1, 0.15) is 71.1 Å². The minimum absolute atomic E-state index is 0.00506. The predicted molar refractivity (Wildman–Crippen MR) is 166 cm³/mol. The second kappa shape index (κ2) is 25.1. The van der Waals surface area contributed by atoms with E-state index < -0.39 is 59.7 Å². The number of allylic oxidation sites excluding steroid dienone is 7. The molecule has 0 aliphatic carbocycles. The molecule has 0 heterocycles. The first kappa shape index (κ1) is 39.6. The lowest BCUT2D eigenvalue weighted by Crippen LogP contribution is -2.53. The minimum atomic E-state index is -1.26. The van der Waals surface area contributed by atoms with Crippen molar-refractivity contribution in [1.29, 1.82) is 0 Å². The van der Waals surface area contributed by atoms with Gasteiger partial charge in [0.1, 0.15) is 12.6 Å². The third-order valence-corrected chi connectivity index (χ3v) is 7.34. The molecular formula is C30H47N3O9S. The quantitative estimate of drug-likeness (QED) is 0.0444. The molecule has 0 unspecified atom stereocenters. The smallest absolute Gasteiger partial charge is 0.322 e. The van der Waals surface area contributed by atoms with Gasteiger partial charge in [-0.25, -0.2) is 0 Å². The maximum Gasteiger partial charge on any atom is 0.322 e. The van der Waals surface area contributed by atoms with Crippen molar-refractivity contribution in [2.45, 2.75) is 94.6 Å². The van der Waals surface area contributed by atoms with E-state index in [9.17, 15) is 29.1 Å². The molecule has 2 amide bonds. The van der Waals surface area contributed by atoms with E-state index in [-0.39, 0.29) is 25.0 Å². The second-order valence-electron chi connectivity index (χ2n) is 9.76. The van der Waals surface area contributed by atoms with Crippen molar-refractivity contribution < 1.29 is 44.4 Å². The zero-order valence-electron chi connectivity index (χ0n) is 24.7. The Kier molecular flexibility index (Phi) is 23.1. The molecule has 0 aromatic rings. The highest BCUT2D eigenvalue weighted by Gasteiger charge is 2.27. The molecule has 0 aliphatic rings. The van der Waals surface area contributed by atoms with E-state index in [1.165, 1.54) is 11.8 Å². The van der Waals surface area contributed by atoms with E-state index in [1.54, 1.807) is 18.2 Å². The summed E-state index contributed by atoms with van der Waals surface area (Å²) in [7, 11) is 0. The first-order valence-corrected chi connectivity index (χ1v) is 15.5. The number of aliphatic hydroxyl groups is 1. The number of aliphatic hydroxyl groups excluding tert-OH is 1. The van der Waals surface area contributed by atoms with Crippen LogP contribution in [-0.2, 0) is 24.0 Å². The summed E-state index contributed by atoms with van der Waals surface area (Å²) in [6.45, 7) is 1.40. The highest BCUT2D eigenvalue weighted by atomic mass is 32.2. The number of carbonyl (C=O) groups is 5. The summed E-state index contributed by atoms with van der Waals surface area (Å²) in [4.78, 5) is 57.5. The molecule has 43 heavy (non-hydrogen) atoms. The van der Waals surface area contributed by atoms with Gasteiger partial charge in [-0.3, -0.25) is 24.0 Å². The van der Waals surface area contributed by atoms with E-state index in [0.29, 0.717) is 25.7 Å². The Morgan fingerprint density at radius 2 is 1.51 bits per heavy atom. The topological polar surface area (TPSA) is 216 Å². The van der Waals surface area contributed by atoms with E-state index >= 15 is 0 Å². The molecule has 0 aromatic heterocycles. The van der Waals surface area contributed by atoms with Crippen LogP contribution < -0.4 is 16.4 Å². The summed E-state index contributed by atoms with van der Waals surface area (Å²) < 4.78 is 0. The first-order chi connectivity index (χ1) is 20.5. The van der Waals surface area contributed by atoms with Gasteiger partial charge in [-0.1, -0.05) is 74.8 Å². The number of rotatable bonds is 25. The third-order valence-electron chi connectivity index (χ3n) is 5.96. The third kappa shape index (κ3) is 22.8. The molecule has 4 atom stereocenters. The van der Waals surface area contributed by atoms with Gasteiger partial charge in [0, 0.05) is 23.8 Å². The molecular weight excluding hydrogens is 578 g/mol. The number of nitrogens with one attached hydrogen (secondary N) is 2. The van der Waals surface area contributed by atoms with Gasteiger partial charge in [-0.05, 0) is 32.1 Å². The normalized spacial score (nSPS) is 14.7. The number of aliphatic carboxylic acids is 3. The maximum absolute atomic E-state index is 12.7. The molecule has 0 rings (SSSR count). The van der Waals surface area contributed by atoms with Crippen LogP contribution >= 0.6 is 11.8 Å². The van der Waals surface area contributed by atoms with Gasteiger partial charge in [-0.2, -0.15) is 0 Å². The number of amides is 2. The number of thioether (sulfide) groups is 1. The number of nitrogens with two attached hydrogens (primary N) is 1. The van der Waals surface area contributed by atoms with Crippen molar-refractivity contribution in [2.75, 3.05) is 12.3 Å². The summed E-state index contributed by atoms with van der Waals surface area (Å²) >= 11 is 1.22. The van der Waals surface area contributed by atoms with E-state index in [1.807, 2.05) is 30.4 Å². The van der Waals surface area contributed by atoms with E-state index in [2.05, 4.69) is 17.6 Å². The molecule has 0 aliphatic heterocycles. The summed E-state index contributed by atoms with van der Waals surface area (Å²) in [5.41, 5.74) is 5.77. The van der Waals surface area contributed by atoms with Gasteiger partial charge >= 0.3 is 17.9 Å². The molecule has 12 nitrogen and oxygen atoms in total. The second-order valence-corrected chi connectivity index (χ2v) is 11.0. The van der Waals surface area contributed by atoms with Gasteiger partial charge in [0.15, 0.2) is 0 Å². The van der Waals surface area contributed by atoms with Crippen LogP contribution in [0, 0.1) is 0 Å². The largest absolute Gasteiger partial charge is 0.481 e. The zero-order valence-corrected chi connectivity index (χ0v) is 25.5. The Labute approximate surface area is 257 Å². The first-order valence-electron chi connectivity index (χ1n) is 14.4. The van der Waals surface area contributed by atoms with Crippen LogP contribution in [0.3, 0.4) is 0 Å². The van der Waals surface area contributed by atoms with Crippen molar-refractivity contribution in [3.05, 3.63) is 48.6 Å². The monoisotopic (exact) mass is 625 g/mol.